The van der Waals surface area contributed by atoms with Gasteiger partial charge in [-0.05, 0) is 22.9 Å². The largest absolute Gasteiger partial charge is 0.417 e. The number of hydrogen-bond donors (Lipinski definition) is 1. The van der Waals surface area contributed by atoms with Crippen molar-refractivity contribution in [3.63, 3.8) is 0 Å². The van der Waals surface area contributed by atoms with E-state index >= 15 is 0 Å². The minimum Gasteiger partial charge on any atom is -0.267 e. The molecule has 3 aromatic rings. The lowest BCUT2D eigenvalue weighted by atomic mass is 10.0. The molecule has 0 radical (unpaired) electrons. The van der Waals surface area contributed by atoms with Crippen LogP contribution in [0.25, 0.3) is 10.8 Å². The summed E-state index contributed by atoms with van der Waals surface area (Å²) < 4.78 is 38.8. The van der Waals surface area contributed by atoms with E-state index < -0.39 is 17.6 Å². The number of nitrogens with one attached hydrogen (secondary N) is 1. The second-order valence-electron chi connectivity index (χ2n) is 5.31. The molecule has 3 rings (SSSR count). The number of alkyl halides is 3. The Morgan fingerprint density at radius 3 is 2.40 bits per heavy atom. The van der Waals surface area contributed by atoms with Crippen LogP contribution in [0.3, 0.4) is 0 Å². The zero-order valence-corrected chi connectivity index (χ0v) is 12.9. The number of amides is 1. The second-order valence-corrected chi connectivity index (χ2v) is 5.31. The van der Waals surface area contributed by atoms with E-state index in [2.05, 4.69) is 10.5 Å². The monoisotopic (exact) mass is 342 g/mol. The summed E-state index contributed by atoms with van der Waals surface area (Å²) in [7, 11) is 0. The van der Waals surface area contributed by atoms with Gasteiger partial charge in [-0.2, -0.15) is 18.3 Å². The predicted molar refractivity (Wildman–Crippen MR) is 90.5 cm³/mol. The molecule has 0 aromatic heterocycles. The first-order chi connectivity index (χ1) is 12.0. The number of hydrogen-bond acceptors (Lipinski definition) is 2. The molecule has 0 aliphatic heterocycles. The maximum Gasteiger partial charge on any atom is 0.417 e. The van der Waals surface area contributed by atoms with Crippen molar-refractivity contribution in [2.45, 2.75) is 6.18 Å². The fraction of sp³-hybridized carbons (Fsp3) is 0.0526. The van der Waals surface area contributed by atoms with Crippen LogP contribution >= 0.6 is 0 Å². The number of hydrazone groups is 1. The van der Waals surface area contributed by atoms with Crippen molar-refractivity contribution in [1.29, 1.82) is 0 Å². The van der Waals surface area contributed by atoms with Gasteiger partial charge in [-0.15, -0.1) is 0 Å². The first-order valence-corrected chi connectivity index (χ1v) is 7.44. The third kappa shape index (κ3) is 3.68. The van der Waals surface area contributed by atoms with Gasteiger partial charge in [-0.25, -0.2) is 5.43 Å². The standard InChI is InChI=1S/C19H13F3N2O/c20-19(21,22)17-11-4-2-7-14(17)12-23-24-18(25)16-10-5-8-13-6-1-3-9-15(13)16/h1-12H,(H,24,25). The van der Waals surface area contributed by atoms with Gasteiger partial charge in [-0.3, -0.25) is 4.79 Å². The van der Waals surface area contributed by atoms with E-state index in [9.17, 15) is 18.0 Å². The van der Waals surface area contributed by atoms with Crippen molar-refractivity contribution in [1.82, 2.24) is 5.43 Å². The quantitative estimate of drug-likeness (QED) is 0.547. The van der Waals surface area contributed by atoms with Gasteiger partial charge in [0.15, 0.2) is 0 Å². The summed E-state index contributed by atoms with van der Waals surface area (Å²) in [6.45, 7) is 0. The van der Waals surface area contributed by atoms with Crippen molar-refractivity contribution >= 4 is 22.9 Å². The highest BCUT2D eigenvalue weighted by molar-refractivity contribution is 6.07. The van der Waals surface area contributed by atoms with Gasteiger partial charge in [0, 0.05) is 11.1 Å². The van der Waals surface area contributed by atoms with Gasteiger partial charge in [-0.1, -0.05) is 54.6 Å². The first kappa shape index (κ1) is 16.7. The Labute approximate surface area is 141 Å². The first-order valence-electron chi connectivity index (χ1n) is 7.44. The normalized spacial score (nSPS) is 11.8. The summed E-state index contributed by atoms with van der Waals surface area (Å²) in [5, 5.41) is 5.31. The van der Waals surface area contributed by atoms with Crippen LogP contribution < -0.4 is 5.43 Å². The van der Waals surface area contributed by atoms with Gasteiger partial charge in [0.05, 0.1) is 11.8 Å². The smallest absolute Gasteiger partial charge is 0.267 e. The van der Waals surface area contributed by atoms with E-state index in [1.807, 2.05) is 24.3 Å². The minimum absolute atomic E-state index is 0.117. The fourth-order valence-electron chi connectivity index (χ4n) is 2.51. The molecule has 1 amide bonds. The lowest BCUT2D eigenvalue weighted by Gasteiger charge is -2.09. The topological polar surface area (TPSA) is 41.5 Å². The van der Waals surface area contributed by atoms with E-state index in [4.69, 9.17) is 0 Å². The molecule has 0 unspecified atom stereocenters. The lowest BCUT2D eigenvalue weighted by molar-refractivity contribution is -0.137. The predicted octanol–water partition coefficient (Wildman–Crippen LogP) is 4.62. The Morgan fingerprint density at radius 2 is 1.60 bits per heavy atom. The van der Waals surface area contributed by atoms with Crippen LogP contribution in [0, 0.1) is 0 Å². The number of halogens is 3. The molecule has 0 bridgehead atoms. The van der Waals surface area contributed by atoms with Gasteiger partial charge >= 0.3 is 6.18 Å². The SMILES string of the molecule is O=C(NN=Cc1ccccc1C(F)(F)F)c1cccc2ccccc12. The zero-order chi connectivity index (χ0) is 17.9. The number of carbonyl (C=O) groups excluding carboxylic acids is 1. The number of fused-ring (bicyclic) bond motifs is 1. The van der Waals surface area contributed by atoms with Crippen LogP contribution in [0.15, 0.2) is 71.8 Å². The lowest BCUT2D eigenvalue weighted by Crippen LogP contribution is -2.18. The molecule has 0 spiro atoms. The van der Waals surface area contributed by atoms with Crippen LogP contribution in [0.4, 0.5) is 13.2 Å². The Morgan fingerprint density at radius 1 is 0.920 bits per heavy atom. The van der Waals surface area contributed by atoms with Crippen molar-refractivity contribution < 1.29 is 18.0 Å². The molecule has 0 saturated heterocycles. The molecule has 3 aromatic carbocycles. The third-order valence-electron chi connectivity index (χ3n) is 3.67. The van der Waals surface area contributed by atoms with E-state index in [0.29, 0.717) is 5.56 Å². The Kier molecular flexibility index (Phi) is 4.52. The molecule has 0 atom stereocenters. The molecule has 25 heavy (non-hydrogen) atoms. The Hall–Kier alpha value is -3.15. The van der Waals surface area contributed by atoms with Crippen molar-refractivity contribution in [3.05, 3.63) is 83.4 Å². The van der Waals surface area contributed by atoms with E-state index in [-0.39, 0.29) is 5.56 Å². The molecule has 3 nitrogen and oxygen atoms in total. The van der Waals surface area contributed by atoms with Crippen LogP contribution in [0.5, 0.6) is 0 Å². The summed E-state index contributed by atoms with van der Waals surface area (Å²) in [6.07, 6.45) is -3.49. The van der Waals surface area contributed by atoms with Gasteiger partial charge in [0.25, 0.3) is 5.91 Å². The summed E-state index contributed by atoms with van der Waals surface area (Å²) in [6, 6.07) is 17.6. The average molecular weight is 342 g/mol. The number of benzene rings is 3. The van der Waals surface area contributed by atoms with Crippen LogP contribution in [-0.4, -0.2) is 12.1 Å². The van der Waals surface area contributed by atoms with Crippen LogP contribution in [0.2, 0.25) is 0 Å². The molecule has 0 aliphatic carbocycles. The Balaban J connectivity index is 1.82. The molecular weight excluding hydrogens is 329 g/mol. The molecule has 0 saturated carbocycles. The van der Waals surface area contributed by atoms with E-state index in [1.54, 1.807) is 18.2 Å². The molecule has 6 heteroatoms. The maximum absolute atomic E-state index is 12.9. The Bertz CT molecular complexity index is 943. The average Bonchev–Trinajstić information content (AvgIpc) is 2.60. The highest BCUT2D eigenvalue weighted by Gasteiger charge is 2.32. The van der Waals surface area contributed by atoms with E-state index in [1.165, 1.54) is 18.2 Å². The molecule has 0 aliphatic rings. The molecule has 0 fully saturated rings. The summed E-state index contributed by atoms with van der Waals surface area (Å²) in [4.78, 5) is 12.3. The van der Waals surface area contributed by atoms with Crippen molar-refractivity contribution in [2.75, 3.05) is 0 Å². The second kappa shape index (κ2) is 6.76. The zero-order valence-electron chi connectivity index (χ0n) is 12.9. The van der Waals surface area contributed by atoms with Gasteiger partial charge < -0.3 is 0 Å². The van der Waals surface area contributed by atoms with Gasteiger partial charge in [0.1, 0.15) is 0 Å². The van der Waals surface area contributed by atoms with Crippen LogP contribution in [-0.2, 0) is 6.18 Å². The van der Waals surface area contributed by atoms with Crippen molar-refractivity contribution in [2.24, 2.45) is 5.10 Å². The van der Waals surface area contributed by atoms with Gasteiger partial charge in [0.2, 0.25) is 0 Å². The third-order valence-corrected chi connectivity index (χ3v) is 3.67. The summed E-state index contributed by atoms with van der Waals surface area (Å²) >= 11 is 0. The number of rotatable bonds is 3. The fourth-order valence-corrected chi connectivity index (χ4v) is 2.51. The highest BCUT2D eigenvalue weighted by atomic mass is 19.4. The molecule has 1 N–H and O–H groups in total. The van der Waals surface area contributed by atoms with Crippen molar-refractivity contribution in [3.8, 4) is 0 Å². The summed E-state index contributed by atoms with van der Waals surface area (Å²) in [5.74, 6) is -0.488. The molecule has 126 valence electrons. The van der Waals surface area contributed by atoms with Crippen LogP contribution in [0.1, 0.15) is 21.5 Å². The highest BCUT2D eigenvalue weighted by Crippen LogP contribution is 2.31. The number of nitrogens with zero attached hydrogens (tertiary/aromatic N) is 1. The molecular formula is C19H13F3N2O. The number of carbonyl (C=O) groups is 1. The molecule has 0 heterocycles. The minimum atomic E-state index is -4.48. The maximum atomic E-state index is 12.9. The summed E-state index contributed by atoms with van der Waals surface area (Å²) in [5.41, 5.74) is 1.76. The van der Waals surface area contributed by atoms with E-state index in [0.717, 1.165) is 23.1 Å².